The van der Waals surface area contributed by atoms with E-state index < -0.39 is 58.6 Å². The van der Waals surface area contributed by atoms with Crippen molar-refractivity contribution in [3.05, 3.63) is 76.4 Å². The molecule has 13 heteroatoms. The molecule has 2 fully saturated rings. The molecule has 0 spiro atoms. The molecule has 2 aliphatic rings. The van der Waals surface area contributed by atoms with Crippen LogP contribution in [-0.4, -0.2) is 35.5 Å². The van der Waals surface area contributed by atoms with Crippen molar-refractivity contribution < 1.29 is 49.1 Å². The number of carbonyl (C=O) groups excluding carboxylic acids is 2. The fourth-order valence-corrected chi connectivity index (χ4v) is 5.03. The minimum absolute atomic E-state index is 0.120. The van der Waals surface area contributed by atoms with Gasteiger partial charge in [0.15, 0.2) is 6.04 Å². The number of alkyl halides is 9. The lowest BCUT2D eigenvalue weighted by atomic mass is 10.0. The van der Waals surface area contributed by atoms with Crippen LogP contribution in [0.1, 0.15) is 57.9 Å². The predicted molar refractivity (Wildman–Crippen MR) is 121 cm³/mol. The molecule has 4 rings (SSSR count). The van der Waals surface area contributed by atoms with Crippen molar-refractivity contribution in [1.82, 2.24) is 10.2 Å². The summed E-state index contributed by atoms with van der Waals surface area (Å²) < 4.78 is 121. The van der Waals surface area contributed by atoms with E-state index in [0.29, 0.717) is 31.2 Å². The molecule has 2 aromatic carbocycles. The minimum Gasteiger partial charge on any atom is -0.337 e. The average molecular weight is 564 g/mol. The van der Waals surface area contributed by atoms with E-state index in [9.17, 15) is 49.1 Å². The highest BCUT2D eigenvalue weighted by Gasteiger charge is 2.44. The Morgan fingerprint density at radius 3 is 2.21 bits per heavy atom. The summed E-state index contributed by atoms with van der Waals surface area (Å²) in [6.07, 6.45) is -11.3. The van der Waals surface area contributed by atoms with Crippen molar-refractivity contribution >= 4 is 17.9 Å². The summed E-state index contributed by atoms with van der Waals surface area (Å²) >= 11 is 0. The summed E-state index contributed by atoms with van der Waals surface area (Å²) in [7, 11) is 0. The number of hydrogen-bond acceptors (Lipinski definition) is 2. The number of amides is 2. The van der Waals surface area contributed by atoms with Gasteiger partial charge in [0.1, 0.15) is 0 Å². The lowest BCUT2D eigenvalue weighted by molar-refractivity contribution is -0.162. The first-order chi connectivity index (χ1) is 18.0. The van der Waals surface area contributed by atoms with Gasteiger partial charge in [0.25, 0.3) is 5.91 Å². The normalized spacial score (nSPS) is 20.5. The molecule has 2 amide bonds. The molecule has 4 nitrogen and oxygen atoms in total. The van der Waals surface area contributed by atoms with Crippen molar-refractivity contribution in [1.29, 1.82) is 0 Å². The van der Waals surface area contributed by atoms with Gasteiger partial charge in [-0.05, 0) is 66.6 Å². The molecule has 2 bridgehead atoms. The van der Waals surface area contributed by atoms with Crippen LogP contribution in [0.2, 0.25) is 0 Å². The van der Waals surface area contributed by atoms with E-state index in [2.05, 4.69) is 0 Å². The lowest BCUT2D eigenvalue weighted by Crippen LogP contribution is -2.38. The van der Waals surface area contributed by atoms with Gasteiger partial charge in [-0.15, -0.1) is 0 Å². The standard InChI is InChI=1S/C26H21F9N2O2/c27-24(28,29)17-3-1-2-16(12-17)22(26(33,34)35)36-21(38)9-6-14-5-8-19(20(11-14)25(30,31)32)23(39)37-13-15-4-7-18(37)10-15/h1-3,5-6,8-9,11-12,15,18,22H,4,7,10,13H2,(H,36,38)/b9-6+. The molecule has 1 aliphatic carbocycles. The first kappa shape index (κ1) is 28.5. The number of piperidine rings is 1. The Kier molecular flexibility index (Phi) is 7.48. The topological polar surface area (TPSA) is 49.4 Å². The van der Waals surface area contributed by atoms with Crippen molar-refractivity contribution in [3.63, 3.8) is 0 Å². The van der Waals surface area contributed by atoms with E-state index in [4.69, 9.17) is 0 Å². The molecule has 1 heterocycles. The van der Waals surface area contributed by atoms with Gasteiger partial charge in [-0.2, -0.15) is 39.5 Å². The molecule has 0 radical (unpaired) electrons. The van der Waals surface area contributed by atoms with E-state index in [1.54, 1.807) is 5.32 Å². The number of benzene rings is 2. The fraction of sp³-hybridized carbons (Fsp3) is 0.385. The third-order valence-corrected chi connectivity index (χ3v) is 6.84. The third-order valence-electron chi connectivity index (χ3n) is 6.84. The second-order valence-corrected chi connectivity index (χ2v) is 9.53. The first-order valence-corrected chi connectivity index (χ1v) is 11.8. The molecule has 0 aromatic heterocycles. The van der Waals surface area contributed by atoms with Crippen LogP contribution in [-0.2, 0) is 17.1 Å². The van der Waals surface area contributed by atoms with Gasteiger partial charge in [-0.3, -0.25) is 9.59 Å². The quantitative estimate of drug-likeness (QED) is 0.322. The predicted octanol–water partition coefficient (Wildman–Crippen LogP) is 6.78. The fourth-order valence-electron chi connectivity index (χ4n) is 5.03. The number of nitrogens with one attached hydrogen (secondary N) is 1. The second-order valence-electron chi connectivity index (χ2n) is 9.53. The summed E-state index contributed by atoms with van der Waals surface area (Å²) in [4.78, 5) is 26.5. The highest BCUT2D eigenvalue weighted by Crippen LogP contribution is 2.40. The Morgan fingerprint density at radius 2 is 1.64 bits per heavy atom. The maximum Gasteiger partial charge on any atom is 0.417 e. The van der Waals surface area contributed by atoms with Crippen LogP contribution in [0.3, 0.4) is 0 Å². The molecule has 210 valence electrons. The number of likely N-dealkylation sites (tertiary alicyclic amines) is 1. The molecule has 2 aromatic rings. The number of nitrogens with zero attached hydrogens (tertiary/aromatic N) is 1. The molecule has 1 saturated heterocycles. The van der Waals surface area contributed by atoms with Crippen LogP contribution in [0.15, 0.2) is 48.5 Å². The number of carbonyl (C=O) groups is 2. The first-order valence-electron chi connectivity index (χ1n) is 11.8. The molecular weight excluding hydrogens is 543 g/mol. The molecule has 3 unspecified atom stereocenters. The Labute approximate surface area is 216 Å². The van der Waals surface area contributed by atoms with Gasteiger partial charge in [-0.25, -0.2) is 0 Å². The van der Waals surface area contributed by atoms with Crippen LogP contribution in [0.5, 0.6) is 0 Å². The minimum atomic E-state index is -5.17. The highest BCUT2D eigenvalue weighted by atomic mass is 19.4. The number of rotatable bonds is 5. The summed E-state index contributed by atoms with van der Waals surface area (Å²) in [6, 6.07) is 2.09. The average Bonchev–Trinajstić information content (AvgIpc) is 3.48. The van der Waals surface area contributed by atoms with Crippen LogP contribution >= 0.6 is 0 Å². The van der Waals surface area contributed by atoms with Gasteiger partial charge in [0.2, 0.25) is 5.91 Å². The number of hydrogen-bond donors (Lipinski definition) is 1. The number of halogens is 9. The maximum atomic E-state index is 13.8. The van der Waals surface area contributed by atoms with E-state index in [-0.39, 0.29) is 23.6 Å². The Balaban J connectivity index is 1.54. The van der Waals surface area contributed by atoms with Crippen molar-refractivity contribution in [2.75, 3.05) is 6.54 Å². The van der Waals surface area contributed by atoms with Gasteiger partial charge in [0.05, 0.1) is 16.7 Å². The maximum absolute atomic E-state index is 13.8. The van der Waals surface area contributed by atoms with Crippen molar-refractivity contribution in [3.8, 4) is 0 Å². The van der Waals surface area contributed by atoms with Crippen molar-refractivity contribution in [2.24, 2.45) is 5.92 Å². The van der Waals surface area contributed by atoms with E-state index >= 15 is 0 Å². The van der Waals surface area contributed by atoms with E-state index in [1.165, 1.54) is 4.90 Å². The summed E-state index contributed by atoms with van der Waals surface area (Å²) in [5.41, 5.74) is -4.28. The molecule has 3 atom stereocenters. The lowest BCUT2D eigenvalue weighted by Gasteiger charge is -2.28. The Morgan fingerprint density at radius 1 is 0.923 bits per heavy atom. The summed E-state index contributed by atoms with van der Waals surface area (Å²) in [5.74, 6) is -1.92. The van der Waals surface area contributed by atoms with E-state index in [0.717, 1.165) is 43.2 Å². The largest absolute Gasteiger partial charge is 0.417 e. The van der Waals surface area contributed by atoms with Gasteiger partial charge in [0, 0.05) is 18.7 Å². The smallest absolute Gasteiger partial charge is 0.337 e. The Hall–Kier alpha value is -3.51. The van der Waals surface area contributed by atoms with Crippen LogP contribution in [0, 0.1) is 5.92 Å². The second kappa shape index (κ2) is 10.2. The monoisotopic (exact) mass is 564 g/mol. The Bertz CT molecular complexity index is 1280. The zero-order valence-electron chi connectivity index (χ0n) is 19.9. The van der Waals surface area contributed by atoms with Crippen LogP contribution in [0.4, 0.5) is 39.5 Å². The van der Waals surface area contributed by atoms with Crippen LogP contribution < -0.4 is 5.32 Å². The molecular formula is C26H21F9N2O2. The van der Waals surface area contributed by atoms with Gasteiger partial charge in [-0.1, -0.05) is 18.2 Å². The molecule has 1 aliphatic heterocycles. The zero-order valence-corrected chi connectivity index (χ0v) is 19.9. The SMILES string of the molecule is O=C(/C=C/c1ccc(C(=O)N2CC3CCC2C3)c(C(F)(F)F)c1)NC(c1cccc(C(F)(F)F)c1)C(F)(F)F. The number of fused-ring (bicyclic) bond motifs is 2. The molecule has 1 N–H and O–H groups in total. The van der Waals surface area contributed by atoms with Gasteiger partial charge < -0.3 is 10.2 Å². The third kappa shape index (κ3) is 6.39. The molecule has 1 saturated carbocycles. The summed E-state index contributed by atoms with van der Waals surface area (Å²) in [6.45, 7) is 0.370. The van der Waals surface area contributed by atoms with Crippen molar-refractivity contribution in [2.45, 2.75) is 49.9 Å². The van der Waals surface area contributed by atoms with E-state index in [1.807, 2.05) is 0 Å². The summed E-state index contributed by atoms with van der Waals surface area (Å²) in [5, 5.41) is 1.55. The van der Waals surface area contributed by atoms with Crippen LogP contribution in [0.25, 0.3) is 6.08 Å². The van der Waals surface area contributed by atoms with Gasteiger partial charge >= 0.3 is 18.5 Å². The molecule has 39 heavy (non-hydrogen) atoms. The zero-order chi connectivity index (χ0) is 28.8. The highest BCUT2D eigenvalue weighted by molar-refractivity contribution is 5.97.